The van der Waals surface area contributed by atoms with Crippen LogP contribution in [0, 0.1) is 0 Å². The largest absolute Gasteiger partial charge is 0.494 e. The number of carbonyl (C=O) groups is 6. The molecule has 3 atom stereocenters. The highest BCUT2D eigenvalue weighted by atomic mass is 35.5. The van der Waals surface area contributed by atoms with Crippen molar-refractivity contribution in [3.05, 3.63) is 129 Å². The summed E-state index contributed by atoms with van der Waals surface area (Å²) in [5.41, 5.74) is 3.60. The number of anilines is 4. The molecule has 71 heavy (non-hydrogen) atoms. The molecule has 4 amide bonds. The number of ether oxygens (including phenoxy) is 2. The van der Waals surface area contributed by atoms with Crippen molar-refractivity contribution in [1.82, 2.24) is 0 Å². The summed E-state index contributed by atoms with van der Waals surface area (Å²) in [6, 6.07) is 20.1. The molecule has 0 heterocycles. The lowest BCUT2D eigenvalue weighted by molar-refractivity contribution is -0.127. The molecule has 0 radical (unpaired) electrons. The molecule has 0 spiro atoms. The number of rotatable bonds is 23. The van der Waals surface area contributed by atoms with Gasteiger partial charge >= 0.3 is 0 Å². The van der Waals surface area contributed by atoms with E-state index >= 15 is 0 Å². The lowest BCUT2D eigenvalue weighted by atomic mass is 10.1. The first-order valence-corrected chi connectivity index (χ1v) is 24.3. The number of benzene rings is 5. The SMILES string of the molecule is CCOc1ccc(NC(=O)c2cc(N=NC(C(C)=O)C(=O)Nc3ccc(NC(=O)C(N=Nc4ccc(Cl)c(C(=O)Nc5ccc(OCC)cc5CCCl)c4)C(C)=O)c(C(C)Cl)c3)ccc2Cl)c(CCCl)c1. The molecule has 0 aliphatic carbocycles. The van der Waals surface area contributed by atoms with Gasteiger partial charge in [0.1, 0.15) is 11.5 Å². The summed E-state index contributed by atoms with van der Waals surface area (Å²) in [7, 11) is 0. The van der Waals surface area contributed by atoms with Crippen molar-refractivity contribution in [3.63, 3.8) is 0 Å². The number of hydrogen-bond donors (Lipinski definition) is 4. The number of ketones is 2. The molecule has 0 aliphatic rings. The number of Topliss-reactive ketones (excluding diaryl/α,β-unsaturated/α-hetero) is 2. The molecule has 3 unspecified atom stereocenters. The first-order valence-electron chi connectivity index (χ1n) is 22.0. The molecule has 372 valence electrons. The Morgan fingerprint density at radius 1 is 0.563 bits per heavy atom. The van der Waals surface area contributed by atoms with Crippen molar-refractivity contribution in [2.24, 2.45) is 20.5 Å². The average Bonchev–Trinajstić information content (AvgIpc) is 3.32. The molecule has 0 fully saturated rings. The third-order valence-electron chi connectivity index (χ3n) is 10.2. The normalized spacial score (nSPS) is 12.5. The highest BCUT2D eigenvalue weighted by Gasteiger charge is 2.27. The van der Waals surface area contributed by atoms with Crippen molar-refractivity contribution in [2.45, 2.75) is 64.9 Å². The highest BCUT2D eigenvalue weighted by molar-refractivity contribution is 6.35. The van der Waals surface area contributed by atoms with E-state index in [4.69, 9.17) is 67.5 Å². The van der Waals surface area contributed by atoms with E-state index in [1.54, 1.807) is 43.3 Å². The van der Waals surface area contributed by atoms with Crippen LogP contribution in [0.1, 0.15) is 77.4 Å². The number of aryl methyl sites for hydroxylation is 2. The number of amides is 4. The maximum Gasteiger partial charge on any atom is 0.258 e. The smallest absolute Gasteiger partial charge is 0.258 e. The van der Waals surface area contributed by atoms with Crippen LogP contribution in [0.15, 0.2) is 111 Å². The lowest BCUT2D eigenvalue weighted by Gasteiger charge is -2.17. The molecule has 5 aromatic rings. The van der Waals surface area contributed by atoms with Gasteiger partial charge in [-0.2, -0.15) is 20.5 Å². The fourth-order valence-electron chi connectivity index (χ4n) is 6.77. The number of nitrogens with one attached hydrogen (secondary N) is 4. The molecule has 5 rings (SSSR count). The molecule has 0 saturated heterocycles. The predicted octanol–water partition coefficient (Wildman–Crippen LogP) is 12.5. The first-order chi connectivity index (χ1) is 34.0. The van der Waals surface area contributed by atoms with E-state index in [-0.39, 0.29) is 43.9 Å². The van der Waals surface area contributed by atoms with Gasteiger partial charge in [0.25, 0.3) is 23.6 Å². The summed E-state index contributed by atoms with van der Waals surface area (Å²) in [5.74, 6) is -2.21. The number of alkyl halides is 3. The van der Waals surface area contributed by atoms with Crippen LogP contribution in [-0.2, 0) is 32.0 Å². The van der Waals surface area contributed by atoms with Crippen LogP contribution < -0.4 is 30.7 Å². The van der Waals surface area contributed by atoms with Gasteiger partial charge in [-0.15, -0.1) is 34.8 Å². The average molecular weight is 1070 g/mol. The van der Waals surface area contributed by atoms with Crippen LogP contribution in [0.25, 0.3) is 0 Å². The van der Waals surface area contributed by atoms with Gasteiger partial charge in [0.2, 0.25) is 12.1 Å². The first kappa shape index (κ1) is 55.5. The van der Waals surface area contributed by atoms with E-state index in [2.05, 4.69) is 41.7 Å². The Hall–Kier alpha value is -6.43. The summed E-state index contributed by atoms with van der Waals surface area (Å²) in [4.78, 5) is 79.4. The van der Waals surface area contributed by atoms with Gasteiger partial charge in [0.05, 0.1) is 51.1 Å². The van der Waals surface area contributed by atoms with Gasteiger partial charge in [0.15, 0.2) is 11.6 Å². The van der Waals surface area contributed by atoms with Crippen molar-refractivity contribution >= 4 is 127 Å². The summed E-state index contributed by atoms with van der Waals surface area (Å²) in [6.45, 7) is 8.60. The Balaban J connectivity index is 1.28. The zero-order valence-electron chi connectivity index (χ0n) is 39.1. The Bertz CT molecular complexity index is 2860. The standard InChI is InChI=1S/C50H49Cl5N8O8/c1-6-70-35-11-16-42(30(22-35)18-20-51)57-47(66)38-25-33(8-13-40(38)54)60-62-45(28(4)64)49(68)56-32-10-15-44(37(24-32)27(3)53)59-50(69)46(29(5)65)63-61-34-9-14-41(55)39(26-34)48(67)58-43-17-12-36(71-7-2)23-31(43)19-21-52/h8-17,22-27,45-46H,6-7,18-21H2,1-5H3,(H,56,68)(H,57,66)(H,58,67)(H,59,69). The van der Waals surface area contributed by atoms with Gasteiger partial charge in [-0.1, -0.05) is 23.2 Å². The summed E-state index contributed by atoms with van der Waals surface area (Å²) in [6.07, 6.45) is 0.918. The Morgan fingerprint density at radius 2 is 1.00 bits per heavy atom. The van der Waals surface area contributed by atoms with Gasteiger partial charge in [-0.05, 0) is 155 Å². The lowest BCUT2D eigenvalue weighted by Crippen LogP contribution is -2.32. The van der Waals surface area contributed by atoms with E-state index < -0.39 is 52.7 Å². The zero-order valence-corrected chi connectivity index (χ0v) is 42.9. The van der Waals surface area contributed by atoms with Crippen LogP contribution in [0.4, 0.5) is 34.1 Å². The van der Waals surface area contributed by atoms with Gasteiger partial charge < -0.3 is 30.7 Å². The molecular formula is C50H49Cl5N8O8. The Labute approximate surface area is 435 Å². The maximum atomic E-state index is 13.6. The number of nitrogens with zero attached hydrogens (tertiary/aromatic N) is 4. The minimum atomic E-state index is -1.62. The summed E-state index contributed by atoms with van der Waals surface area (Å²) < 4.78 is 11.2. The molecule has 0 bridgehead atoms. The minimum Gasteiger partial charge on any atom is -0.494 e. The van der Waals surface area contributed by atoms with Crippen LogP contribution in [0.3, 0.4) is 0 Å². The summed E-state index contributed by atoms with van der Waals surface area (Å²) in [5, 5.41) is 26.7. The van der Waals surface area contributed by atoms with Crippen LogP contribution in [0.5, 0.6) is 11.5 Å². The van der Waals surface area contributed by atoms with Crippen molar-refractivity contribution in [2.75, 3.05) is 46.2 Å². The molecule has 21 heteroatoms. The Morgan fingerprint density at radius 3 is 1.41 bits per heavy atom. The maximum absolute atomic E-state index is 13.6. The van der Waals surface area contributed by atoms with E-state index in [0.29, 0.717) is 66.3 Å². The van der Waals surface area contributed by atoms with E-state index in [1.165, 1.54) is 61.5 Å². The van der Waals surface area contributed by atoms with Crippen LogP contribution in [-0.4, -0.2) is 72.3 Å². The summed E-state index contributed by atoms with van der Waals surface area (Å²) >= 11 is 31.4. The highest BCUT2D eigenvalue weighted by Crippen LogP contribution is 2.33. The fraction of sp³-hybridized carbons (Fsp3) is 0.280. The topological polar surface area (TPSA) is 218 Å². The van der Waals surface area contributed by atoms with Crippen molar-refractivity contribution in [3.8, 4) is 11.5 Å². The second-order valence-corrected chi connectivity index (χ2v) is 17.7. The van der Waals surface area contributed by atoms with E-state index in [1.807, 2.05) is 13.8 Å². The van der Waals surface area contributed by atoms with Gasteiger partial charge in [-0.25, -0.2) is 0 Å². The quantitative estimate of drug-likeness (QED) is 0.0279. The van der Waals surface area contributed by atoms with Crippen molar-refractivity contribution < 1.29 is 38.2 Å². The zero-order chi connectivity index (χ0) is 51.8. The van der Waals surface area contributed by atoms with Gasteiger partial charge in [0, 0.05) is 34.5 Å². The predicted molar refractivity (Wildman–Crippen MR) is 279 cm³/mol. The Kier molecular flexibility index (Phi) is 20.9. The molecule has 0 saturated carbocycles. The number of halogens is 5. The fourth-order valence-corrected chi connectivity index (χ4v) is 7.77. The second kappa shape index (κ2) is 26.7. The molecule has 5 aromatic carbocycles. The molecule has 16 nitrogen and oxygen atoms in total. The third kappa shape index (κ3) is 15.5. The monoisotopic (exact) mass is 1060 g/mol. The minimum absolute atomic E-state index is 0.0548. The number of hydrogen-bond acceptors (Lipinski definition) is 12. The van der Waals surface area contributed by atoms with E-state index in [9.17, 15) is 28.8 Å². The number of carbonyl (C=O) groups excluding carboxylic acids is 6. The van der Waals surface area contributed by atoms with Crippen LogP contribution in [0.2, 0.25) is 10.0 Å². The third-order valence-corrected chi connectivity index (χ3v) is 11.5. The molecular weight excluding hydrogens is 1020 g/mol. The molecule has 4 N–H and O–H groups in total. The second-order valence-electron chi connectivity index (χ2n) is 15.5. The van der Waals surface area contributed by atoms with Crippen LogP contribution >= 0.6 is 58.0 Å². The van der Waals surface area contributed by atoms with Gasteiger partial charge in [-0.3, -0.25) is 28.8 Å². The number of azo groups is 2. The van der Waals surface area contributed by atoms with E-state index in [0.717, 1.165) is 18.1 Å². The molecule has 0 aliphatic heterocycles. The molecule has 0 aromatic heterocycles. The van der Waals surface area contributed by atoms with Crippen molar-refractivity contribution in [1.29, 1.82) is 0 Å².